The van der Waals surface area contributed by atoms with Crippen molar-refractivity contribution in [3.05, 3.63) is 0 Å². The van der Waals surface area contributed by atoms with Gasteiger partial charge < -0.3 is 15.5 Å². The van der Waals surface area contributed by atoms with E-state index in [1.165, 1.54) is 57.4 Å². The maximum Gasteiger partial charge on any atom is 0.191 e. The highest BCUT2D eigenvalue weighted by Crippen LogP contribution is 2.08. The summed E-state index contributed by atoms with van der Waals surface area (Å²) in [5.74, 6) is 2.20. The largest absolute Gasteiger partial charge is 0.356 e. The zero-order valence-electron chi connectivity index (χ0n) is 13.7. The van der Waals surface area contributed by atoms with Crippen molar-refractivity contribution in [2.45, 2.75) is 38.5 Å². The molecule has 1 aliphatic heterocycles. The van der Waals surface area contributed by atoms with Gasteiger partial charge in [-0.1, -0.05) is 12.8 Å². The summed E-state index contributed by atoms with van der Waals surface area (Å²) in [6.45, 7) is 5.67. The van der Waals surface area contributed by atoms with Crippen molar-refractivity contribution in [3.8, 4) is 0 Å². The van der Waals surface area contributed by atoms with Crippen LogP contribution in [0.25, 0.3) is 0 Å². The molecule has 21 heavy (non-hydrogen) atoms. The Morgan fingerprint density at radius 3 is 2.33 bits per heavy atom. The smallest absolute Gasteiger partial charge is 0.191 e. The lowest BCUT2D eigenvalue weighted by molar-refractivity contribution is 0.289. The number of guanidine groups is 1. The van der Waals surface area contributed by atoms with Crippen molar-refractivity contribution in [2.24, 2.45) is 4.99 Å². The van der Waals surface area contributed by atoms with Gasteiger partial charge in [0.1, 0.15) is 0 Å². The van der Waals surface area contributed by atoms with E-state index in [1.807, 2.05) is 18.8 Å². The number of nitrogens with one attached hydrogen (secondary N) is 2. The maximum atomic E-state index is 4.28. The molecule has 1 fully saturated rings. The van der Waals surface area contributed by atoms with Gasteiger partial charge in [-0.05, 0) is 50.8 Å². The van der Waals surface area contributed by atoms with Crippen LogP contribution in [0.4, 0.5) is 0 Å². The average Bonchev–Trinajstić information content (AvgIpc) is 2.74. The zero-order chi connectivity index (χ0) is 14.5. The summed E-state index contributed by atoms with van der Waals surface area (Å²) in [5, 5.41) is 6.81. The van der Waals surface area contributed by atoms with Crippen molar-refractivity contribution in [2.75, 3.05) is 51.8 Å². The molecule has 0 spiro atoms. The molecule has 0 saturated carbocycles. The Morgan fingerprint density at radius 2 is 1.71 bits per heavy atom. The number of halogens is 1. The number of unbranched alkanes of at least 4 members (excludes halogenated alkanes) is 1. The minimum Gasteiger partial charge on any atom is -0.356 e. The van der Waals surface area contributed by atoms with E-state index >= 15 is 0 Å². The average molecular weight is 428 g/mol. The van der Waals surface area contributed by atoms with Crippen LogP contribution in [-0.2, 0) is 0 Å². The molecule has 1 aliphatic rings. The topological polar surface area (TPSA) is 39.7 Å². The monoisotopic (exact) mass is 428 g/mol. The van der Waals surface area contributed by atoms with Crippen LogP contribution in [0, 0.1) is 0 Å². The molecule has 4 nitrogen and oxygen atoms in total. The molecule has 0 aromatic rings. The Bertz CT molecular complexity index is 256. The number of likely N-dealkylation sites (tertiary alicyclic amines) is 1. The quantitative estimate of drug-likeness (QED) is 0.270. The standard InChI is InChI=1S/C15H32N4S.HI/c1-16-15(17-9-5-8-14-20-2)18-10-13-19-11-6-3-4-7-12-19;/h3-14H2,1-2H3,(H2,16,17,18);1H. The van der Waals surface area contributed by atoms with E-state index in [0.29, 0.717) is 0 Å². The Kier molecular flexibility index (Phi) is 15.4. The second-order valence-corrected chi connectivity index (χ2v) is 6.37. The fourth-order valence-electron chi connectivity index (χ4n) is 2.49. The molecule has 2 N–H and O–H groups in total. The van der Waals surface area contributed by atoms with Crippen LogP contribution in [0.1, 0.15) is 38.5 Å². The van der Waals surface area contributed by atoms with Crippen molar-refractivity contribution >= 4 is 41.7 Å². The van der Waals surface area contributed by atoms with Gasteiger partial charge in [-0.25, -0.2) is 0 Å². The highest BCUT2D eigenvalue weighted by Gasteiger charge is 2.08. The number of nitrogens with zero attached hydrogens (tertiary/aromatic N) is 2. The number of hydrogen-bond acceptors (Lipinski definition) is 3. The summed E-state index contributed by atoms with van der Waals surface area (Å²) < 4.78 is 0. The SMILES string of the molecule is CN=C(NCCCCSC)NCCN1CCCCCC1.I. The lowest BCUT2D eigenvalue weighted by Crippen LogP contribution is -2.42. The third-order valence-corrected chi connectivity index (χ3v) is 4.41. The van der Waals surface area contributed by atoms with E-state index in [4.69, 9.17) is 0 Å². The summed E-state index contributed by atoms with van der Waals surface area (Å²) in [5.41, 5.74) is 0. The van der Waals surface area contributed by atoms with Gasteiger partial charge in [-0.15, -0.1) is 24.0 Å². The van der Waals surface area contributed by atoms with Gasteiger partial charge in [-0.2, -0.15) is 11.8 Å². The molecule has 0 atom stereocenters. The lowest BCUT2D eigenvalue weighted by Gasteiger charge is -2.20. The Hall–Kier alpha value is 0.310. The van der Waals surface area contributed by atoms with Crippen LogP contribution in [0.5, 0.6) is 0 Å². The molecule has 0 amide bonds. The number of hydrogen-bond donors (Lipinski definition) is 2. The summed E-state index contributed by atoms with van der Waals surface area (Å²) in [6.07, 6.45) is 10.2. The minimum atomic E-state index is 0. The highest BCUT2D eigenvalue weighted by atomic mass is 127. The Labute approximate surface area is 152 Å². The molecule has 126 valence electrons. The van der Waals surface area contributed by atoms with Crippen LogP contribution in [-0.4, -0.2) is 62.6 Å². The van der Waals surface area contributed by atoms with E-state index in [0.717, 1.165) is 25.6 Å². The molecule has 0 aromatic carbocycles. The predicted octanol–water partition coefficient (Wildman–Crippen LogP) is 2.79. The van der Waals surface area contributed by atoms with Gasteiger partial charge in [-0.3, -0.25) is 4.99 Å². The maximum absolute atomic E-state index is 4.28. The molecular formula is C15H33IN4S. The van der Waals surface area contributed by atoms with Gasteiger partial charge in [0, 0.05) is 26.7 Å². The third kappa shape index (κ3) is 11.5. The first kappa shape index (κ1) is 21.3. The van der Waals surface area contributed by atoms with Gasteiger partial charge in [0.2, 0.25) is 0 Å². The fraction of sp³-hybridized carbons (Fsp3) is 0.933. The molecule has 1 heterocycles. The van der Waals surface area contributed by atoms with Crippen molar-refractivity contribution < 1.29 is 0 Å². The van der Waals surface area contributed by atoms with Gasteiger partial charge in [0.25, 0.3) is 0 Å². The highest BCUT2D eigenvalue weighted by molar-refractivity contribution is 14.0. The van der Waals surface area contributed by atoms with E-state index in [9.17, 15) is 0 Å². The van der Waals surface area contributed by atoms with Crippen LogP contribution < -0.4 is 10.6 Å². The zero-order valence-corrected chi connectivity index (χ0v) is 16.8. The van der Waals surface area contributed by atoms with E-state index in [2.05, 4.69) is 26.8 Å². The van der Waals surface area contributed by atoms with Crippen LogP contribution >= 0.6 is 35.7 Å². The first-order valence-corrected chi connectivity index (χ1v) is 9.42. The predicted molar refractivity (Wildman–Crippen MR) is 107 cm³/mol. The van der Waals surface area contributed by atoms with E-state index in [-0.39, 0.29) is 24.0 Å². The van der Waals surface area contributed by atoms with Crippen molar-refractivity contribution in [3.63, 3.8) is 0 Å². The fourth-order valence-corrected chi connectivity index (χ4v) is 2.98. The van der Waals surface area contributed by atoms with E-state index < -0.39 is 0 Å². The number of aliphatic imine (C=N–C) groups is 1. The first-order chi connectivity index (χ1) is 9.86. The van der Waals surface area contributed by atoms with Gasteiger partial charge >= 0.3 is 0 Å². The first-order valence-electron chi connectivity index (χ1n) is 8.02. The summed E-state index contributed by atoms with van der Waals surface area (Å²) >= 11 is 1.92. The molecule has 6 heteroatoms. The van der Waals surface area contributed by atoms with Gasteiger partial charge in [0.05, 0.1) is 0 Å². The molecule has 0 radical (unpaired) electrons. The Morgan fingerprint density at radius 1 is 1.05 bits per heavy atom. The summed E-state index contributed by atoms with van der Waals surface area (Å²) in [7, 11) is 1.85. The summed E-state index contributed by atoms with van der Waals surface area (Å²) in [4.78, 5) is 6.85. The van der Waals surface area contributed by atoms with Crippen LogP contribution in [0.3, 0.4) is 0 Å². The Balaban J connectivity index is 0.00000400. The van der Waals surface area contributed by atoms with E-state index in [1.54, 1.807) is 0 Å². The minimum absolute atomic E-state index is 0. The lowest BCUT2D eigenvalue weighted by atomic mass is 10.2. The van der Waals surface area contributed by atoms with Crippen LogP contribution in [0.15, 0.2) is 4.99 Å². The second kappa shape index (κ2) is 15.2. The molecule has 0 bridgehead atoms. The third-order valence-electron chi connectivity index (χ3n) is 3.71. The number of thioether (sulfide) groups is 1. The molecule has 0 aromatic heterocycles. The van der Waals surface area contributed by atoms with Crippen LogP contribution in [0.2, 0.25) is 0 Å². The molecular weight excluding hydrogens is 395 g/mol. The second-order valence-electron chi connectivity index (χ2n) is 5.38. The molecule has 1 saturated heterocycles. The molecule has 0 unspecified atom stereocenters. The summed E-state index contributed by atoms with van der Waals surface area (Å²) in [6, 6.07) is 0. The van der Waals surface area contributed by atoms with Gasteiger partial charge in [0.15, 0.2) is 5.96 Å². The normalized spacial score (nSPS) is 17.0. The molecule has 0 aliphatic carbocycles. The number of rotatable bonds is 8. The molecule has 1 rings (SSSR count). The van der Waals surface area contributed by atoms with Crippen molar-refractivity contribution in [1.29, 1.82) is 0 Å². The van der Waals surface area contributed by atoms with Crippen molar-refractivity contribution in [1.82, 2.24) is 15.5 Å².